The van der Waals surface area contributed by atoms with Crippen LogP contribution in [0, 0.1) is 0 Å². The van der Waals surface area contributed by atoms with Crippen molar-refractivity contribution in [1.29, 1.82) is 0 Å². The summed E-state index contributed by atoms with van der Waals surface area (Å²) in [6.45, 7) is 0.361. The lowest BCUT2D eigenvalue weighted by Crippen LogP contribution is -2.30. The van der Waals surface area contributed by atoms with E-state index in [0.29, 0.717) is 39.1 Å². The summed E-state index contributed by atoms with van der Waals surface area (Å²) < 4.78 is 1.70. The fraction of sp³-hybridized carbons (Fsp3) is 0.292. The van der Waals surface area contributed by atoms with E-state index in [2.05, 4.69) is 15.7 Å². The Kier molecular flexibility index (Phi) is 7.29. The molecule has 0 unspecified atom stereocenters. The van der Waals surface area contributed by atoms with Gasteiger partial charge in [-0.1, -0.05) is 55.0 Å². The Hall–Kier alpha value is -3.23. The van der Waals surface area contributed by atoms with Gasteiger partial charge < -0.3 is 20.6 Å². The first-order chi connectivity index (χ1) is 16.3. The van der Waals surface area contributed by atoms with E-state index in [1.165, 1.54) is 25.7 Å². The molecular weight excluding hydrogens is 477 g/mol. The number of nitrogens with one attached hydrogen (secondary N) is 2. The molecule has 0 spiro atoms. The number of benzene rings is 2. The highest BCUT2D eigenvalue weighted by Gasteiger charge is 2.27. The number of carbonyl (C=O) groups excluding carboxylic acids is 1. The van der Waals surface area contributed by atoms with Crippen LogP contribution in [0.1, 0.15) is 47.2 Å². The van der Waals surface area contributed by atoms with Gasteiger partial charge in [0.1, 0.15) is 5.82 Å². The van der Waals surface area contributed by atoms with Crippen molar-refractivity contribution in [2.75, 3.05) is 10.2 Å². The Labute approximate surface area is 207 Å². The molecule has 1 saturated carbocycles. The molecule has 178 valence electrons. The lowest BCUT2D eigenvalue weighted by molar-refractivity contribution is 0.0985. The molecule has 8 nitrogen and oxygen atoms in total. The Morgan fingerprint density at radius 1 is 1.12 bits per heavy atom. The van der Waals surface area contributed by atoms with E-state index in [-0.39, 0.29) is 12.5 Å². The van der Waals surface area contributed by atoms with Crippen molar-refractivity contribution in [2.24, 2.45) is 7.05 Å². The van der Waals surface area contributed by atoms with Crippen LogP contribution in [0.2, 0.25) is 10.0 Å². The second-order valence-electron chi connectivity index (χ2n) is 8.20. The molecule has 1 aliphatic heterocycles. The number of amides is 2. The number of carboxylic acid groups (broad SMARTS) is 1. The van der Waals surface area contributed by atoms with Crippen LogP contribution in [0.3, 0.4) is 0 Å². The second-order valence-corrected chi connectivity index (χ2v) is 9.04. The number of hydrogen-bond donors (Lipinski definition) is 3. The number of fused-ring (bicyclic) bond motifs is 2. The Balaban J connectivity index is 0.000000620. The van der Waals surface area contributed by atoms with Crippen molar-refractivity contribution in [3.05, 3.63) is 69.3 Å². The minimum absolute atomic E-state index is 0.0522. The van der Waals surface area contributed by atoms with Gasteiger partial charge in [-0.15, -0.1) is 0 Å². The van der Waals surface area contributed by atoms with Crippen LogP contribution < -0.4 is 15.5 Å². The standard InChI is InChI=1S/C20H17Cl2N5O3.C4H8/c1-26-18-13(9-24-26)10-27(17-5-4-14(21)7-16(17)25-18)19(28)11-2-3-12(15(22)6-11)8-23-20(29)30;1-2-4-3-1/h2-7,9,23,25H,8,10H2,1H3,(H,29,30);1-4H2. The number of halogens is 2. The molecule has 0 atom stereocenters. The van der Waals surface area contributed by atoms with Gasteiger partial charge in [-0.3, -0.25) is 9.48 Å². The van der Waals surface area contributed by atoms with Crippen LogP contribution in [-0.2, 0) is 20.1 Å². The number of carbonyl (C=O) groups is 2. The first kappa shape index (κ1) is 23.9. The monoisotopic (exact) mass is 501 g/mol. The average Bonchev–Trinajstić information content (AvgIpc) is 3.00. The van der Waals surface area contributed by atoms with Gasteiger partial charge in [0.05, 0.1) is 24.1 Å². The fourth-order valence-electron chi connectivity index (χ4n) is 3.57. The van der Waals surface area contributed by atoms with E-state index in [9.17, 15) is 9.59 Å². The highest BCUT2D eigenvalue weighted by molar-refractivity contribution is 6.32. The zero-order valence-corrected chi connectivity index (χ0v) is 20.2. The van der Waals surface area contributed by atoms with E-state index < -0.39 is 6.09 Å². The Bertz CT molecular complexity index is 1220. The van der Waals surface area contributed by atoms with Crippen molar-refractivity contribution in [3.8, 4) is 0 Å². The van der Waals surface area contributed by atoms with Crippen molar-refractivity contribution >= 4 is 52.4 Å². The Morgan fingerprint density at radius 2 is 1.85 bits per heavy atom. The largest absolute Gasteiger partial charge is 0.465 e. The molecule has 0 radical (unpaired) electrons. The maximum Gasteiger partial charge on any atom is 0.404 e. The molecule has 1 aromatic heterocycles. The summed E-state index contributed by atoms with van der Waals surface area (Å²) in [5.74, 6) is 0.527. The molecule has 3 aromatic rings. The predicted octanol–water partition coefficient (Wildman–Crippen LogP) is 5.96. The van der Waals surface area contributed by atoms with Crippen LogP contribution in [0.15, 0.2) is 42.6 Å². The van der Waals surface area contributed by atoms with Crippen molar-refractivity contribution in [3.63, 3.8) is 0 Å². The van der Waals surface area contributed by atoms with Crippen LogP contribution >= 0.6 is 23.2 Å². The van der Waals surface area contributed by atoms with Crippen molar-refractivity contribution < 1.29 is 14.7 Å². The Morgan fingerprint density at radius 3 is 2.50 bits per heavy atom. The molecule has 5 rings (SSSR count). The molecule has 2 amide bonds. The number of nitrogens with zero attached hydrogens (tertiary/aromatic N) is 3. The van der Waals surface area contributed by atoms with Gasteiger partial charge in [0.2, 0.25) is 0 Å². The SMILES string of the molecule is C1CCC1.Cn1ncc2c1Nc1cc(Cl)ccc1N(C(=O)c1ccc(CNC(=O)O)c(Cl)c1)C2. The maximum atomic E-state index is 13.4. The van der Waals surface area contributed by atoms with Gasteiger partial charge in [0.25, 0.3) is 5.91 Å². The number of rotatable bonds is 3. The smallest absolute Gasteiger partial charge is 0.404 e. The third kappa shape index (κ3) is 5.29. The molecule has 2 heterocycles. The molecule has 2 aliphatic rings. The maximum absolute atomic E-state index is 13.4. The predicted molar refractivity (Wildman–Crippen MR) is 133 cm³/mol. The van der Waals surface area contributed by atoms with Gasteiger partial charge >= 0.3 is 6.09 Å². The summed E-state index contributed by atoms with van der Waals surface area (Å²) in [7, 11) is 1.82. The van der Waals surface area contributed by atoms with Gasteiger partial charge in [0.15, 0.2) is 0 Å². The summed E-state index contributed by atoms with van der Waals surface area (Å²) in [6, 6.07) is 10.1. The fourth-order valence-corrected chi connectivity index (χ4v) is 3.99. The van der Waals surface area contributed by atoms with Gasteiger partial charge in [-0.05, 0) is 35.9 Å². The quantitative estimate of drug-likeness (QED) is 0.411. The van der Waals surface area contributed by atoms with E-state index >= 15 is 0 Å². The number of aryl methyl sites for hydroxylation is 1. The van der Waals surface area contributed by atoms with Crippen LogP contribution in [0.25, 0.3) is 0 Å². The second kappa shape index (κ2) is 10.4. The molecule has 10 heteroatoms. The lowest BCUT2D eigenvalue weighted by Gasteiger charge is -2.23. The highest BCUT2D eigenvalue weighted by atomic mass is 35.5. The number of hydrogen-bond acceptors (Lipinski definition) is 4. The topological polar surface area (TPSA) is 99.5 Å². The van der Waals surface area contributed by atoms with Gasteiger partial charge in [-0.2, -0.15) is 5.10 Å². The van der Waals surface area contributed by atoms with Crippen LogP contribution in [0.5, 0.6) is 0 Å². The van der Waals surface area contributed by atoms with Crippen molar-refractivity contribution in [2.45, 2.75) is 38.8 Å². The molecule has 34 heavy (non-hydrogen) atoms. The number of anilines is 3. The summed E-state index contributed by atoms with van der Waals surface area (Å²) in [5.41, 5.74) is 3.17. The van der Waals surface area contributed by atoms with Gasteiger partial charge in [0, 0.05) is 34.8 Å². The van der Waals surface area contributed by atoms with Crippen LogP contribution in [0.4, 0.5) is 22.0 Å². The molecule has 3 N–H and O–H groups in total. The average molecular weight is 502 g/mol. The molecule has 0 bridgehead atoms. The highest BCUT2D eigenvalue weighted by Crippen LogP contribution is 2.38. The lowest BCUT2D eigenvalue weighted by atomic mass is 10.0. The third-order valence-corrected chi connectivity index (χ3v) is 6.41. The number of aromatic nitrogens is 2. The summed E-state index contributed by atoms with van der Waals surface area (Å²) >= 11 is 12.5. The molecule has 1 fully saturated rings. The zero-order chi connectivity index (χ0) is 24.2. The minimum atomic E-state index is -1.15. The first-order valence-electron chi connectivity index (χ1n) is 11.0. The minimum Gasteiger partial charge on any atom is -0.465 e. The van der Waals surface area contributed by atoms with Crippen LogP contribution in [-0.4, -0.2) is 26.9 Å². The van der Waals surface area contributed by atoms with E-state index in [1.807, 2.05) is 7.05 Å². The molecule has 1 aliphatic carbocycles. The van der Waals surface area contributed by atoms with E-state index in [4.69, 9.17) is 28.3 Å². The molecule has 2 aromatic carbocycles. The molecule has 0 saturated heterocycles. The third-order valence-electron chi connectivity index (χ3n) is 5.82. The van der Waals surface area contributed by atoms with Gasteiger partial charge in [-0.25, -0.2) is 4.79 Å². The summed E-state index contributed by atoms with van der Waals surface area (Å²) in [4.78, 5) is 25.8. The summed E-state index contributed by atoms with van der Waals surface area (Å²) in [5, 5.41) is 19.4. The first-order valence-corrected chi connectivity index (χ1v) is 11.7. The zero-order valence-electron chi connectivity index (χ0n) is 18.6. The summed E-state index contributed by atoms with van der Waals surface area (Å²) in [6.07, 6.45) is 6.56. The normalized spacial score (nSPS) is 13.8. The van der Waals surface area contributed by atoms with E-state index in [1.54, 1.807) is 52.2 Å². The molecular formula is C24H25Cl2N5O3. The van der Waals surface area contributed by atoms with Crippen molar-refractivity contribution in [1.82, 2.24) is 15.1 Å². The van der Waals surface area contributed by atoms with E-state index in [0.717, 1.165) is 11.4 Å².